The second kappa shape index (κ2) is 10.5. The molecule has 2 aromatic heterocycles. The predicted octanol–water partition coefficient (Wildman–Crippen LogP) is 3.50. The Kier molecular flexibility index (Phi) is 7.07. The van der Waals surface area contributed by atoms with Gasteiger partial charge in [-0.1, -0.05) is 36.4 Å². The van der Waals surface area contributed by atoms with Gasteiger partial charge in [0.2, 0.25) is 5.91 Å². The van der Waals surface area contributed by atoms with Gasteiger partial charge < -0.3 is 15.5 Å². The van der Waals surface area contributed by atoms with E-state index in [-0.39, 0.29) is 11.8 Å². The van der Waals surface area contributed by atoms with Crippen LogP contribution in [0, 0.1) is 0 Å². The van der Waals surface area contributed by atoms with E-state index in [9.17, 15) is 9.59 Å². The Labute approximate surface area is 187 Å². The molecule has 1 aromatic carbocycles. The molecule has 2 amide bonds. The summed E-state index contributed by atoms with van der Waals surface area (Å²) in [5, 5.41) is 6.23. The number of hydrogen-bond acceptors (Lipinski definition) is 5. The quantitative estimate of drug-likeness (QED) is 0.572. The highest BCUT2D eigenvalue weighted by atomic mass is 16.2. The van der Waals surface area contributed by atoms with Gasteiger partial charge in [-0.05, 0) is 36.6 Å². The van der Waals surface area contributed by atoms with Crippen molar-refractivity contribution in [2.24, 2.45) is 0 Å². The molecule has 0 atom stereocenters. The van der Waals surface area contributed by atoms with E-state index >= 15 is 0 Å². The lowest BCUT2D eigenvalue weighted by Crippen LogP contribution is -2.38. The molecule has 32 heavy (non-hydrogen) atoms. The zero-order chi connectivity index (χ0) is 22.2. The van der Waals surface area contributed by atoms with Gasteiger partial charge in [0.25, 0.3) is 5.91 Å². The van der Waals surface area contributed by atoms with Crippen LogP contribution < -0.4 is 10.6 Å². The second-order valence-electron chi connectivity index (χ2n) is 7.77. The van der Waals surface area contributed by atoms with Crippen LogP contribution in [0.2, 0.25) is 0 Å². The first-order valence-electron chi connectivity index (χ1n) is 11.0. The topological polar surface area (TPSA) is 87.2 Å². The van der Waals surface area contributed by atoms with Crippen molar-refractivity contribution in [2.45, 2.75) is 25.8 Å². The first kappa shape index (κ1) is 21.5. The molecule has 3 aromatic rings. The third kappa shape index (κ3) is 5.49. The molecular formula is C25H27N5O2. The minimum absolute atomic E-state index is 0.193. The normalized spacial score (nSPS) is 13.6. The fourth-order valence-electron chi connectivity index (χ4n) is 3.73. The van der Waals surface area contributed by atoms with E-state index in [0.29, 0.717) is 37.4 Å². The van der Waals surface area contributed by atoms with E-state index in [0.717, 1.165) is 36.2 Å². The highest BCUT2D eigenvalue weighted by Gasteiger charge is 2.18. The fraction of sp³-hybridized carbons (Fsp3) is 0.280. The number of nitrogens with zero attached hydrogens (tertiary/aromatic N) is 3. The predicted molar refractivity (Wildman–Crippen MR) is 124 cm³/mol. The minimum Gasteiger partial charge on any atom is -0.368 e. The van der Waals surface area contributed by atoms with Crippen molar-refractivity contribution >= 4 is 17.6 Å². The maximum atomic E-state index is 12.9. The number of benzene rings is 1. The molecule has 7 heteroatoms. The van der Waals surface area contributed by atoms with Crippen LogP contribution in [0.4, 0.5) is 5.82 Å². The number of nitrogens with one attached hydrogen (secondary N) is 2. The second-order valence-corrected chi connectivity index (χ2v) is 7.77. The van der Waals surface area contributed by atoms with Crippen molar-refractivity contribution in [2.75, 3.05) is 25.0 Å². The molecule has 1 saturated heterocycles. The van der Waals surface area contributed by atoms with Crippen molar-refractivity contribution in [1.29, 1.82) is 0 Å². The molecule has 0 aliphatic carbocycles. The van der Waals surface area contributed by atoms with Crippen molar-refractivity contribution < 1.29 is 9.59 Å². The zero-order valence-electron chi connectivity index (χ0n) is 18.0. The standard InChI is InChI=1S/C25H27N5O2/c31-23-10-4-5-15-30(23)16-14-27-24-21(25(32)28-18-19-7-6-13-26-17-19)11-12-22(29-24)20-8-2-1-3-9-20/h1-3,6-9,11-13,17H,4-5,10,14-16,18H2,(H,27,29)(H,28,32). The van der Waals surface area contributed by atoms with Crippen LogP contribution in [0.15, 0.2) is 67.0 Å². The highest BCUT2D eigenvalue weighted by Crippen LogP contribution is 2.22. The van der Waals surface area contributed by atoms with Gasteiger partial charge in [0.05, 0.1) is 11.3 Å². The van der Waals surface area contributed by atoms with E-state index in [1.165, 1.54) is 0 Å². The average molecular weight is 430 g/mol. The number of rotatable bonds is 8. The molecule has 0 bridgehead atoms. The number of piperidine rings is 1. The molecule has 0 spiro atoms. The number of aromatic nitrogens is 2. The van der Waals surface area contributed by atoms with Gasteiger partial charge >= 0.3 is 0 Å². The molecule has 1 fully saturated rings. The van der Waals surface area contributed by atoms with Crippen LogP contribution in [-0.4, -0.2) is 46.3 Å². The summed E-state index contributed by atoms with van der Waals surface area (Å²) in [5.74, 6) is 0.496. The highest BCUT2D eigenvalue weighted by molar-refractivity contribution is 5.99. The average Bonchev–Trinajstić information content (AvgIpc) is 2.85. The molecule has 2 N–H and O–H groups in total. The largest absolute Gasteiger partial charge is 0.368 e. The van der Waals surface area contributed by atoms with Crippen molar-refractivity contribution in [3.05, 3.63) is 78.1 Å². The zero-order valence-corrected chi connectivity index (χ0v) is 18.0. The Morgan fingerprint density at radius 1 is 1.03 bits per heavy atom. The Bertz CT molecular complexity index is 1060. The summed E-state index contributed by atoms with van der Waals surface area (Å²) in [6.45, 7) is 2.29. The first-order valence-corrected chi connectivity index (χ1v) is 11.0. The summed E-state index contributed by atoms with van der Waals surface area (Å²) in [7, 11) is 0. The molecule has 164 valence electrons. The summed E-state index contributed by atoms with van der Waals surface area (Å²) in [6, 6.07) is 17.3. The molecule has 0 radical (unpaired) electrons. The van der Waals surface area contributed by atoms with Crippen LogP contribution in [0.3, 0.4) is 0 Å². The molecule has 0 saturated carbocycles. The number of carbonyl (C=O) groups is 2. The summed E-state index contributed by atoms with van der Waals surface area (Å²) >= 11 is 0. The summed E-state index contributed by atoms with van der Waals surface area (Å²) in [4.78, 5) is 35.7. The van der Waals surface area contributed by atoms with Crippen molar-refractivity contribution in [3.8, 4) is 11.3 Å². The van der Waals surface area contributed by atoms with Crippen molar-refractivity contribution in [1.82, 2.24) is 20.2 Å². The van der Waals surface area contributed by atoms with Crippen molar-refractivity contribution in [3.63, 3.8) is 0 Å². The van der Waals surface area contributed by atoms with Gasteiger partial charge in [0.1, 0.15) is 5.82 Å². The molecule has 1 aliphatic heterocycles. The van der Waals surface area contributed by atoms with E-state index in [1.54, 1.807) is 18.5 Å². The Morgan fingerprint density at radius 3 is 2.69 bits per heavy atom. The summed E-state index contributed by atoms with van der Waals surface area (Å²) < 4.78 is 0. The monoisotopic (exact) mass is 429 g/mol. The van der Waals surface area contributed by atoms with Crippen LogP contribution in [0.5, 0.6) is 0 Å². The molecule has 3 heterocycles. The Balaban J connectivity index is 1.50. The van der Waals surface area contributed by atoms with Gasteiger partial charge in [-0.2, -0.15) is 0 Å². The van der Waals surface area contributed by atoms with Gasteiger partial charge in [-0.3, -0.25) is 14.6 Å². The summed E-state index contributed by atoms with van der Waals surface area (Å²) in [6.07, 6.45) is 6.04. The molecule has 1 aliphatic rings. The van der Waals surface area contributed by atoms with E-state index in [1.807, 2.05) is 53.4 Å². The number of hydrogen-bond donors (Lipinski definition) is 2. The van der Waals surface area contributed by atoms with Crippen LogP contribution in [-0.2, 0) is 11.3 Å². The SMILES string of the molecule is O=C(NCc1cccnc1)c1ccc(-c2ccccc2)nc1NCCN1CCCCC1=O. The lowest BCUT2D eigenvalue weighted by molar-refractivity contribution is -0.133. The van der Waals surface area contributed by atoms with Gasteiger partial charge in [-0.25, -0.2) is 4.98 Å². The van der Waals surface area contributed by atoms with E-state index in [2.05, 4.69) is 15.6 Å². The molecular weight excluding hydrogens is 402 g/mol. The first-order chi connectivity index (χ1) is 15.7. The van der Waals surface area contributed by atoms with Crippen LogP contribution >= 0.6 is 0 Å². The van der Waals surface area contributed by atoms with Gasteiger partial charge in [0, 0.05) is 50.6 Å². The fourth-order valence-corrected chi connectivity index (χ4v) is 3.73. The number of carbonyl (C=O) groups excluding carboxylic acids is 2. The Hall–Kier alpha value is -3.74. The number of likely N-dealkylation sites (tertiary alicyclic amines) is 1. The Morgan fingerprint density at radius 2 is 1.91 bits per heavy atom. The van der Waals surface area contributed by atoms with E-state index in [4.69, 9.17) is 4.98 Å². The molecule has 7 nitrogen and oxygen atoms in total. The number of pyridine rings is 2. The molecule has 0 unspecified atom stereocenters. The molecule has 4 rings (SSSR count). The maximum Gasteiger partial charge on any atom is 0.255 e. The van der Waals surface area contributed by atoms with Gasteiger partial charge in [-0.15, -0.1) is 0 Å². The lowest BCUT2D eigenvalue weighted by Gasteiger charge is -2.27. The smallest absolute Gasteiger partial charge is 0.255 e. The summed E-state index contributed by atoms with van der Waals surface area (Å²) in [5.41, 5.74) is 3.15. The third-order valence-corrected chi connectivity index (χ3v) is 5.48. The minimum atomic E-state index is -0.211. The van der Waals surface area contributed by atoms with Gasteiger partial charge in [0.15, 0.2) is 0 Å². The maximum absolute atomic E-state index is 12.9. The number of amides is 2. The van der Waals surface area contributed by atoms with E-state index < -0.39 is 0 Å². The number of anilines is 1. The van der Waals surface area contributed by atoms with Crippen LogP contribution in [0.1, 0.15) is 35.2 Å². The third-order valence-electron chi connectivity index (χ3n) is 5.48. The lowest BCUT2D eigenvalue weighted by atomic mass is 10.1. The van der Waals surface area contributed by atoms with Crippen LogP contribution in [0.25, 0.3) is 11.3 Å².